The van der Waals surface area contributed by atoms with E-state index in [1.165, 1.54) is 22.6 Å². The van der Waals surface area contributed by atoms with Crippen LogP contribution in [0, 0.1) is 5.92 Å². The molecule has 9 heteroatoms. The molecule has 1 aliphatic heterocycles. The van der Waals surface area contributed by atoms with E-state index in [0.29, 0.717) is 17.1 Å². The molecule has 1 aromatic rings. The second-order valence-electron chi connectivity index (χ2n) is 5.09. The molecule has 0 radical (unpaired) electrons. The fourth-order valence-corrected chi connectivity index (χ4v) is 4.81. The first-order chi connectivity index (χ1) is 10.3. The molecule has 1 amide bonds. The summed E-state index contributed by atoms with van der Waals surface area (Å²) in [6, 6.07) is 3.25. The van der Waals surface area contributed by atoms with Gasteiger partial charge in [-0.25, -0.2) is 8.42 Å². The van der Waals surface area contributed by atoms with Gasteiger partial charge in [-0.1, -0.05) is 6.07 Å². The van der Waals surface area contributed by atoms with Crippen LogP contribution in [0.3, 0.4) is 0 Å². The number of primary amides is 1. The monoisotopic (exact) mass is 346 g/mol. The Morgan fingerprint density at radius 1 is 1.41 bits per heavy atom. The molecule has 1 saturated heterocycles. The van der Waals surface area contributed by atoms with Gasteiger partial charge in [-0.2, -0.15) is 4.31 Å². The maximum absolute atomic E-state index is 12.4. The topological polar surface area (TPSA) is 107 Å². The van der Waals surface area contributed by atoms with Gasteiger partial charge in [0.15, 0.2) is 6.10 Å². The minimum atomic E-state index is -3.48. The molecule has 7 nitrogen and oxygen atoms in total. The Labute approximate surface area is 133 Å². The minimum Gasteiger partial charge on any atom is -0.452 e. The van der Waals surface area contributed by atoms with Crippen LogP contribution in [-0.2, 0) is 24.3 Å². The fourth-order valence-electron chi connectivity index (χ4n) is 2.20. The van der Waals surface area contributed by atoms with Crippen LogP contribution in [-0.4, -0.2) is 43.8 Å². The van der Waals surface area contributed by atoms with Crippen molar-refractivity contribution in [3.8, 4) is 0 Å². The lowest BCUT2D eigenvalue weighted by atomic mass is 9.98. The number of sulfonamides is 1. The highest BCUT2D eigenvalue weighted by Crippen LogP contribution is 2.26. The molecule has 1 aromatic heterocycles. The van der Waals surface area contributed by atoms with E-state index in [2.05, 4.69) is 0 Å². The van der Waals surface area contributed by atoms with Crippen LogP contribution in [0.5, 0.6) is 0 Å². The summed E-state index contributed by atoms with van der Waals surface area (Å²) in [6.07, 6.45) is -0.232. The number of carbonyl (C=O) groups excluding carboxylic acids is 2. The van der Waals surface area contributed by atoms with E-state index in [1.54, 1.807) is 17.5 Å². The number of carbonyl (C=O) groups is 2. The molecule has 0 aromatic carbocycles. The molecule has 1 aliphatic rings. The van der Waals surface area contributed by atoms with Crippen molar-refractivity contribution >= 4 is 33.2 Å². The molecule has 1 atom stereocenters. The number of piperidine rings is 1. The third-order valence-electron chi connectivity index (χ3n) is 3.57. The van der Waals surface area contributed by atoms with Gasteiger partial charge in [0.05, 0.1) is 5.92 Å². The highest BCUT2D eigenvalue weighted by atomic mass is 32.2. The Morgan fingerprint density at radius 2 is 2.05 bits per heavy atom. The third-order valence-corrected chi connectivity index (χ3v) is 6.84. The van der Waals surface area contributed by atoms with Crippen LogP contribution in [0.25, 0.3) is 0 Å². The highest BCUT2D eigenvalue weighted by Gasteiger charge is 2.34. The summed E-state index contributed by atoms with van der Waals surface area (Å²) in [6.45, 7) is 1.92. The van der Waals surface area contributed by atoms with E-state index in [9.17, 15) is 18.0 Å². The second kappa shape index (κ2) is 6.76. The van der Waals surface area contributed by atoms with Crippen molar-refractivity contribution in [3.63, 3.8) is 0 Å². The Morgan fingerprint density at radius 3 is 2.55 bits per heavy atom. The lowest BCUT2D eigenvalue weighted by Gasteiger charge is -2.30. The van der Waals surface area contributed by atoms with Crippen molar-refractivity contribution < 1.29 is 22.7 Å². The molecule has 0 bridgehead atoms. The minimum absolute atomic E-state index is 0.255. The number of hydrogen-bond donors (Lipinski definition) is 1. The number of nitrogens with two attached hydrogens (primary N) is 1. The first-order valence-electron chi connectivity index (χ1n) is 6.86. The molecular formula is C13H18N2O5S2. The number of esters is 1. The zero-order valence-electron chi connectivity index (χ0n) is 12.1. The second-order valence-corrected chi connectivity index (χ2v) is 8.20. The van der Waals surface area contributed by atoms with Crippen LogP contribution >= 0.6 is 11.3 Å². The van der Waals surface area contributed by atoms with Crippen molar-refractivity contribution in [2.45, 2.75) is 30.1 Å². The Bertz CT molecular complexity index is 633. The SMILES string of the molecule is C[C@@H](OC(=O)C1CCN(S(=O)(=O)c2cccs2)CC1)C(N)=O. The molecule has 1 fully saturated rings. The zero-order valence-corrected chi connectivity index (χ0v) is 13.7. The van der Waals surface area contributed by atoms with Gasteiger partial charge in [0.25, 0.3) is 15.9 Å². The Hall–Kier alpha value is -1.45. The molecule has 0 unspecified atom stereocenters. The smallest absolute Gasteiger partial charge is 0.309 e. The average molecular weight is 346 g/mol. The summed E-state index contributed by atoms with van der Waals surface area (Å²) in [4.78, 5) is 22.8. The van der Waals surface area contributed by atoms with Gasteiger partial charge in [0.2, 0.25) is 0 Å². The maximum atomic E-state index is 12.4. The van der Waals surface area contributed by atoms with Crippen LogP contribution in [0.15, 0.2) is 21.7 Å². The van der Waals surface area contributed by atoms with Crippen molar-refractivity contribution in [3.05, 3.63) is 17.5 Å². The zero-order chi connectivity index (χ0) is 16.3. The number of thiophene rings is 1. The summed E-state index contributed by atoms with van der Waals surface area (Å²) in [5.41, 5.74) is 5.04. The van der Waals surface area contributed by atoms with Gasteiger partial charge in [-0.05, 0) is 31.2 Å². The largest absolute Gasteiger partial charge is 0.452 e. The van der Waals surface area contributed by atoms with E-state index in [-0.39, 0.29) is 13.1 Å². The Kier molecular flexibility index (Phi) is 5.20. The van der Waals surface area contributed by atoms with E-state index in [0.717, 1.165) is 0 Å². The predicted molar refractivity (Wildman–Crippen MR) is 80.6 cm³/mol. The van der Waals surface area contributed by atoms with Gasteiger partial charge in [-0.15, -0.1) is 11.3 Å². The van der Waals surface area contributed by atoms with Crippen molar-refractivity contribution in [2.24, 2.45) is 11.7 Å². The lowest BCUT2D eigenvalue weighted by molar-refractivity contribution is -0.159. The average Bonchev–Trinajstić information content (AvgIpc) is 3.02. The molecule has 2 heterocycles. The maximum Gasteiger partial charge on any atom is 0.309 e. The van der Waals surface area contributed by atoms with E-state index in [4.69, 9.17) is 10.5 Å². The van der Waals surface area contributed by atoms with E-state index >= 15 is 0 Å². The fraction of sp³-hybridized carbons (Fsp3) is 0.538. The van der Waals surface area contributed by atoms with Crippen LogP contribution < -0.4 is 5.73 Å². The first-order valence-corrected chi connectivity index (χ1v) is 9.18. The third kappa shape index (κ3) is 3.65. The van der Waals surface area contributed by atoms with Gasteiger partial charge in [0, 0.05) is 13.1 Å². The van der Waals surface area contributed by atoms with Gasteiger partial charge >= 0.3 is 5.97 Å². The number of ether oxygens (including phenoxy) is 1. The van der Waals surface area contributed by atoms with Crippen molar-refractivity contribution in [1.29, 1.82) is 0 Å². The summed E-state index contributed by atoms with van der Waals surface area (Å²) in [5.74, 6) is -1.61. The lowest BCUT2D eigenvalue weighted by Crippen LogP contribution is -2.41. The van der Waals surface area contributed by atoms with Crippen molar-refractivity contribution in [1.82, 2.24) is 4.31 Å². The van der Waals surface area contributed by atoms with E-state index < -0.39 is 33.9 Å². The number of rotatable bonds is 5. The molecule has 22 heavy (non-hydrogen) atoms. The van der Waals surface area contributed by atoms with Crippen LogP contribution in [0.2, 0.25) is 0 Å². The molecule has 2 N–H and O–H groups in total. The van der Waals surface area contributed by atoms with Gasteiger partial charge in [0.1, 0.15) is 4.21 Å². The van der Waals surface area contributed by atoms with E-state index in [1.807, 2.05) is 0 Å². The molecular weight excluding hydrogens is 328 g/mol. The highest BCUT2D eigenvalue weighted by molar-refractivity contribution is 7.91. The standard InChI is InChI=1S/C13H18N2O5S2/c1-9(12(14)16)20-13(17)10-4-6-15(7-5-10)22(18,19)11-3-2-8-21-11/h2-3,8-10H,4-7H2,1H3,(H2,14,16)/t9-/m1/s1. The molecule has 2 rings (SSSR count). The van der Waals surface area contributed by atoms with Crippen LogP contribution in [0.4, 0.5) is 0 Å². The quantitative estimate of drug-likeness (QED) is 0.784. The van der Waals surface area contributed by atoms with Gasteiger partial charge in [-0.3, -0.25) is 9.59 Å². The molecule has 0 aliphatic carbocycles. The number of nitrogens with zero attached hydrogens (tertiary/aromatic N) is 1. The summed E-state index contributed by atoms with van der Waals surface area (Å²) >= 11 is 1.17. The Balaban J connectivity index is 1.93. The first kappa shape index (κ1) is 16.9. The molecule has 0 spiro atoms. The van der Waals surface area contributed by atoms with Gasteiger partial charge < -0.3 is 10.5 Å². The summed E-state index contributed by atoms with van der Waals surface area (Å²) < 4.78 is 31.3. The number of amides is 1. The number of hydrogen-bond acceptors (Lipinski definition) is 6. The molecule has 0 saturated carbocycles. The van der Waals surface area contributed by atoms with Crippen molar-refractivity contribution in [2.75, 3.05) is 13.1 Å². The summed E-state index contributed by atoms with van der Waals surface area (Å²) in [7, 11) is -3.48. The predicted octanol–water partition coefficient (Wildman–Crippen LogP) is 0.566. The van der Waals surface area contributed by atoms with Crippen LogP contribution in [0.1, 0.15) is 19.8 Å². The summed E-state index contributed by atoms with van der Waals surface area (Å²) in [5, 5.41) is 1.71. The molecule has 122 valence electrons. The normalized spacial score (nSPS) is 18.8.